The van der Waals surface area contributed by atoms with Gasteiger partial charge in [-0.15, -0.1) is 0 Å². The normalized spacial score (nSPS) is 19.5. The molecule has 4 heteroatoms. The highest BCUT2D eigenvalue weighted by Gasteiger charge is 2.29. The second-order valence-corrected chi connectivity index (χ2v) is 7.13. The highest BCUT2D eigenvalue weighted by atomic mass is 16.4. The summed E-state index contributed by atoms with van der Waals surface area (Å²) in [7, 11) is 1.82. The van der Waals surface area contributed by atoms with Gasteiger partial charge in [-0.05, 0) is 30.0 Å². The molecule has 26 heavy (non-hydrogen) atoms. The van der Waals surface area contributed by atoms with Crippen LogP contribution >= 0.6 is 0 Å². The number of carbonyl (C=O) groups is 1. The average Bonchev–Trinajstić information content (AvgIpc) is 2.67. The van der Waals surface area contributed by atoms with Gasteiger partial charge in [0.2, 0.25) is 5.91 Å². The van der Waals surface area contributed by atoms with E-state index in [1.54, 1.807) is 4.90 Å². The molecular formula is C22H26N2O2. The standard InChI is InChI=1S/C22H26N2O2/c1-16-8-6-7-11-19(16)20(17-9-4-3-5-10-17)14-21(23-26)18-12-13-22(25)24(2)15-18/h3-11,18,20,26H,12-15H2,1-2H3/b23-21+/t18?,20-/m1/s1. The van der Waals surface area contributed by atoms with Crippen LogP contribution in [0.4, 0.5) is 0 Å². The molecule has 2 aromatic carbocycles. The van der Waals surface area contributed by atoms with E-state index in [2.05, 4.69) is 42.4 Å². The zero-order chi connectivity index (χ0) is 18.5. The quantitative estimate of drug-likeness (QED) is 0.499. The summed E-state index contributed by atoms with van der Waals surface area (Å²) >= 11 is 0. The lowest BCUT2D eigenvalue weighted by atomic mass is 9.80. The van der Waals surface area contributed by atoms with Crippen molar-refractivity contribution in [2.24, 2.45) is 11.1 Å². The number of hydrogen-bond donors (Lipinski definition) is 1. The average molecular weight is 350 g/mol. The van der Waals surface area contributed by atoms with Gasteiger partial charge in [0, 0.05) is 38.3 Å². The number of carbonyl (C=O) groups excluding carboxylic acids is 1. The molecule has 0 saturated carbocycles. The number of oxime groups is 1. The van der Waals surface area contributed by atoms with Gasteiger partial charge in [0.15, 0.2) is 0 Å². The van der Waals surface area contributed by atoms with Crippen LogP contribution in [0.5, 0.6) is 0 Å². The Kier molecular flexibility index (Phi) is 5.71. The van der Waals surface area contributed by atoms with Gasteiger partial charge in [0.05, 0.1) is 5.71 Å². The molecule has 1 N–H and O–H groups in total. The number of benzene rings is 2. The van der Waals surface area contributed by atoms with E-state index >= 15 is 0 Å². The van der Waals surface area contributed by atoms with Crippen LogP contribution in [0.25, 0.3) is 0 Å². The summed E-state index contributed by atoms with van der Waals surface area (Å²) in [6.45, 7) is 2.74. The molecule has 3 rings (SSSR count). The fourth-order valence-electron chi connectivity index (χ4n) is 3.85. The van der Waals surface area contributed by atoms with Gasteiger partial charge in [-0.3, -0.25) is 4.79 Å². The fraction of sp³-hybridized carbons (Fsp3) is 0.364. The van der Waals surface area contributed by atoms with Gasteiger partial charge in [0.1, 0.15) is 0 Å². The highest BCUT2D eigenvalue weighted by Crippen LogP contribution is 2.33. The van der Waals surface area contributed by atoms with Crippen molar-refractivity contribution in [2.75, 3.05) is 13.6 Å². The van der Waals surface area contributed by atoms with Crippen LogP contribution in [-0.2, 0) is 4.79 Å². The van der Waals surface area contributed by atoms with E-state index in [4.69, 9.17) is 0 Å². The predicted molar refractivity (Wildman–Crippen MR) is 104 cm³/mol. The fourth-order valence-corrected chi connectivity index (χ4v) is 3.85. The first-order chi connectivity index (χ1) is 12.6. The molecule has 1 unspecified atom stereocenters. The predicted octanol–water partition coefficient (Wildman–Crippen LogP) is 4.22. The van der Waals surface area contributed by atoms with Gasteiger partial charge in [0.25, 0.3) is 0 Å². The Balaban J connectivity index is 1.90. The van der Waals surface area contributed by atoms with E-state index in [1.807, 2.05) is 31.3 Å². The van der Waals surface area contributed by atoms with E-state index in [0.29, 0.717) is 19.4 Å². The minimum Gasteiger partial charge on any atom is -0.411 e. The summed E-state index contributed by atoms with van der Waals surface area (Å²) in [4.78, 5) is 13.5. The molecule has 0 aromatic heterocycles. The number of aryl methyl sites for hydroxylation is 1. The molecule has 0 spiro atoms. The molecule has 1 amide bonds. The highest BCUT2D eigenvalue weighted by molar-refractivity contribution is 5.90. The molecule has 1 saturated heterocycles. The van der Waals surface area contributed by atoms with E-state index in [0.717, 1.165) is 12.1 Å². The van der Waals surface area contributed by atoms with Crippen LogP contribution in [0.1, 0.15) is 41.9 Å². The van der Waals surface area contributed by atoms with Crippen molar-refractivity contribution in [2.45, 2.75) is 32.1 Å². The van der Waals surface area contributed by atoms with Gasteiger partial charge in [-0.25, -0.2) is 0 Å². The number of likely N-dealkylation sites (tertiary alicyclic amines) is 1. The van der Waals surface area contributed by atoms with Crippen molar-refractivity contribution in [1.82, 2.24) is 4.90 Å². The first-order valence-electron chi connectivity index (χ1n) is 9.15. The van der Waals surface area contributed by atoms with Gasteiger partial charge in [-0.1, -0.05) is 59.8 Å². The molecule has 1 aliphatic heterocycles. The minimum atomic E-state index is 0.109. The van der Waals surface area contributed by atoms with Gasteiger partial charge in [-0.2, -0.15) is 0 Å². The van der Waals surface area contributed by atoms with Crippen LogP contribution in [0.2, 0.25) is 0 Å². The van der Waals surface area contributed by atoms with Crippen molar-refractivity contribution < 1.29 is 10.0 Å². The molecule has 136 valence electrons. The summed E-state index contributed by atoms with van der Waals surface area (Å²) in [6.07, 6.45) is 1.91. The van der Waals surface area contributed by atoms with Crippen LogP contribution < -0.4 is 0 Å². The van der Waals surface area contributed by atoms with E-state index < -0.39 is 0 Å². The second kappa shape index (κ2) is 8.17. The van der Waals surface area contributed by atoms with E-state index in [-0.39, 0.29) is 17.7 Å². The lowest BCUT2D eigenvalue weighted by Gasteiger charge is -2.31. The largest absolute Gasteiger partial charge is 0.411 e. The number of piperidine rings is 1. The molecule has 1 aliphatic rings. The molecule has 2 atom stereocenters. The maximum absolute atomic E-state index is 11.8. The van der Waals surface area contributed by atoms with Gasteiger partial charge < -0.3 is 10.1 Å². The zero-order valence-electron chi connectivity index (χ0n) is 15.4. The van der Waals surface area contributed by atoms with Gasteiger partial charge >= 0.3 is 0 Å². The molecule has 4 nitrogen and oxygen atoms in total. The summed E-state index contributed by atoms with van der Waals surface area (Å²) in [5.41, 5.74) is 4.47. The van der Waals surface area contributed by atoms with Crippen molar-refractivity contribution >= 4 is 11.6 Å². The SMILES string of the molecule is Cc1ccccc1[C@H](C/C(=N\O)C1CCC(=O)N(C)C1)c1ccccc1. The van der Waals surface area contributed by atoms with E-state index in [9.17, 15) is 10.0 Å². The third kappa shape index (κ3) is 3.96. The Morgan fingerprint density at radius 1 is 1.19 bits per heavy atom. The Hall–Kier alpha value is -2.62. The lowest BCUT2D eigenvalue weighted by Crippen LogP contribution is -2.40. The third-order valence-electron chi connectivity index (χ3n) is 5.41. The summed E-state index contributed by atoms with van der Waals surface area (Å²) in [5, 5.41) is 13.4. The molecule has 2 aromatic rings. The molecule has 0 aliphatic carbocycles. The molecule has 0 bridgehead atoms. The molecule has 0 radical (unpaired) electrons. The van der Waals surface area contributed by atoms with Crippen molar-refractivity contribution in [1.29, 1.82) is 0 Å². The maximum Gasteiger partial charge on any atom is 0.222 e. The lowest BCUT2D eigenvalue weighted by molar-refractivity contribution is -0.132. The first kappa shape index (κ1) is 18.2. The number of rotatable bonds is 5. The Labute approximate surface area is 155 Å². The molecule has 1 heterocycles. The van der Waals surface area contributed by atoms with Crippen molar-refractivity contribution in [3.63, 3.8) is 0 Å². The van der Waals surface area contributed by atoms with Crippen molar-refractivity contribution in [3.05, 3.63) is 71.3 Å². The maximum atomic E-state index is 11.8. The second-order valence-electron chi connectivity index (χ2n) is 7.13. The molecule has 1 fully saturated rings. The minimum absolute atomic E-state index is 0.109. The monoisotopic (exact) mass is 350 g/mol. The first-order valence-corrected chi connectivity index (χ1v) is 9.15. The number of hydrogen-bond acceptors (Lipinski definition) is 3. The van der Waals surface area contributed by atoms with Crippen molar-refractivity contribution in [3.8, 4) is 0 Å². The zero-order valence-corrected chi connectivity index (χ0v) is 15.4. The summed E-state index contributed by atoms with van der Waals surface area (Å²) < 4.78 is 0. The number of nitrogens with zero attached hydrogens (tertiary/aromatic N) is 2. The van der Waals surface area contributed by atoms with Crippen LogP contribution in [0.15, 0.2) is 59.8 Å². The summed E-state index contributed by atoms with van der Waals surface area (Å²) in [5.74, 6) is 0.404. The molecular weight excluding hydrogens is 324 g/mol. The van der Waals surface area contributed by atoms with E-state index in [1.165, 1.54) is 16.7 Å². The topological polar surface area (TPSA) is 52.9 Å². The third-order valence-corrected chi connectivity index (χ3v) is 5.41. The van der Waals surface area contributed by atoms with Crippen LogP contribution in [-0.4, -0.2) is 35.3 Å². The van der Waals surface area contributed by atoms with Crippen LogP contribution in [0.3, 0.4) is 0 Å². The Morgan fingerprint density at radius 2 is 1.88 bits per heavy atom. The summed E-state index contributed by atoms with van der Waals surface area (Å²) in [6, 6.07) is 18.7. The smallest absolute Gasteiger partial charge is 0.222 e. The Morgan fingerprint density at radius 3 is 2.54 bits per heavy atom. The Bertz CT molecular complexity index is 786. The van der Waals surface area contributed by atoms with Crippen LogP contribution in [0, 0.1) is 12.8 Å². The number of amides is 1.